The second-order valence-electron chi connectivity index (χ2n) is 4.23. The van der Waals surface area contributed by atoms with E-state index >= 15 is 0 Å². The van der Waals surface area contributed by atoms with E-state index in [1.54, 1.807) is 36.5 Å². The van der Waals surface area contributed by atoms with Crippen LogP contribution < -0.4 is 4.74 Å². The molecule has 0 spiro atoms. The Morgan fingerprint density at radius 3 is 2.62 bits per heavy atom. The molecule has 0 amide bonds. The SMILES string of the molecule is CCOc1ccc(Cl)cc1C=Nc1ccc(C(=O)O)cc1. The van der Waals surface area contributed by atoms with Crippen LogP contribution in [-0.4, -0.2) is 23.9 Å². The van der Waals surface area contributed by atoms with Gasteiger partial charge in [0.1, 0.15) is 5.75 Å². The fraction of sp³-hybridized carbons (Fsp3) is 0.125. The number of rotatable bonds is 5. The van der Waals surface area contributed by atoms with Crippen LogP contribution in [0.5, 0.6) is 5.75 Å². The molecule has 0 fully saturated rings. The molecular formula is C16H14ClNO3. The van der Waals surface area contributed by atoms with Crippen molar-refractivity contribution in [2.45, 2.75) is 6.92 Å². The van der Waals surface area contributed by atoms with Crippen molar-refractivity contribution in [3.8, 4) is 5.75 Å². The second-order valence-corrected chi connectivity index (χ2v) is 4.66. The molecule has 0 aliphatic carbocycles. The van der Waals surface area contributed by atoms with Gasteiger partial charge in [-0.15, -0.1) is 0 Å². The van der Waals surface area contributed by atoms with Crippen LogP contribution in [0.15, 0.2) is 47.5 Å². The lowest BCUT2D eigenvalue weighted by Crippen LogP contribution is -1.96. The largest absolute Gasteiger partial charge is 0.493 e. The average Bonchev–Trinajstić information content (AvgIpc) is 2.48. The van der Waals surface area contributed by atoms with Crippen molar-refractivity contribution >= 4 is 29.5 Å². The molecule has 0 aromatic heterocycles. The zero-order valence-corrected chi connectivity index (χ0v) is 12.2. The van der Waals surface area contributed by atoms with Gasteiger partial charge in [-0.05, 0) is 49.4 Å². The number of nitrogens with zero attached hydrogens (tertiary/aromatic N) is 1. The van der Waals surface area contributed by atoms with Gasteiger partial charge in [-0.2, -0.15) is 0 Å². The van der Waals surface area contributed by atoms with Crippen LogP contribution >= 0.6 is 11.6 Å². The lowest BCUT2D eigenvalue weighted by molar-refractivity contribution is 0.0697. The average molecular weight is 304 g/mol. The van der Waals surface area contributed by atoms with Crippen LogP contribution in [0.3, 0.4) is 0 Å². The first-order chi connectivity index (χ1) is 10.1. The molecule has 0 aliphatic heterocycles. The van der Waals surface area contributed by atoms with E-state index in [4.69, 9.17) is 21.4 Å². The zero-order chi connectivity index (χ0) is 15.2. The monoisotopic (exact) mass is 303 g/mol. The van der Waals surface area contributed by atoms with Crippen molar-refractivity contribution in [2.24, 2.45) is 4.99 Å². The Labute approximate surface area is 127 Å². The number of hydrogen-bond acceptors (Lipinski definition) is 3. The third kappa shape index (κ3) is 4.07. The molecule has 0 saturated carbocycles. The summed E-state index contributed by atoms with van der Waals surface area (Å²) in [6.07, 6.45) is 1.65. The lowest BCUT2D eigenvalue weighted by Gasteiger charge is -2.06. The predicted molar refractivity (Wildman–Crippen MR) is 83.3 cm³/mol. The summed E-state index contributed by atoms with van der Waals surface area (Å²) >= 11 is 5.97. The first-order valence-electron chi connectivity index (χ1n) is 6.40. The standard InChI is InChI=1S/C16H14ClNO3/c1-2-21-15-8-5-13(17)9-12(15)10-18-14-6-3-11(4-7-14)16(19)20/h3-10H,2H2,1H3,(H,19,20). The Hall–Kier alpha value is -2.33. The third-order valence-electron chi connectivity index (χ3n) is 2.74. The molecule has 0 bridgehead atoms. The van der Waals surface area contributed by atoms with E-state index in [0.29, 0.717) is 23.1 Å². The maximum absolute atomic E-state index is 10.8. The lowest BCUT2D eigenvalue weighted by atomic mass is 10.2. The Kier molecular flexibility index (Phi) is 4.95. The number of carbonyl (C=O) groups is 1. The van der Waals surface area contributed by atoms with Crippen LogP contribution in [0, 0.1) is 0 Å². The summed E-state index contributed by atoms with van der Waals surface area (Å²) < 4.78 is 5.50. The summed E-state index contributed by atoms with van der Waals surface area (Å²) in [6.45, 7) is 2.45. The Bertz CT molecular complexity index is 666. The molecular weight excluding hydrogens is 290 g/mol. The van der Waals surface area contributed by atoms with Crippen molar-refractivity contribution in [1.82, 2.24) is 0 Å². The van der Waals surface area contributed by atoms with E-state index in [1.807, 2.05) is 6.92 Å². The fourth-order valence-corrected chi connectivity index (χ4v) is 1.92. The van der Waals surface area contributed by atoms with Gasteiger partial charge in [0.25, 0.3) is 0 Å². The van der Waals surface area contributed by atoms with Crippen LogP contribution in [-0.2, 0) is 0 Å². The molecule has 5 heteroatoms. The van der Waals surface area contributed by atoms with Gasteiger partial charge in [-0.25, -0.2) is 4.79 Å². The number of hydrogen-bond donors (Lipinski definition) is 1. The molecule has 4 nitrogen and oxygen atoms in total. The van der Waals surface area contributed by atoms with Crippen LogP contribution in [0.25, 0.3) is 0 Å². The van der Waals surface area contributed by atoms with Gasteiger partial charge >= 0.3 is 5.97 Å². The summed E-state index contributed by atoms with van der Waals surface area (Å²) in [5.74, 6) is -0.258. The highest BCUT2D eigenvalue weighted by Gasteiger charge is 2.03. The third-order valence-corrected chi connectivity index (χ3v) is 2.97. The van der Waals surface area contributed by atoms with Gasteiger partial charge in [-0.3, -0.25) is 4.99 Å². The van der Waals surface area contributed by atoms with Gasteiger partial charge in [-0.1, -0.05) is 11.6 Å². The molecule has 0 atom stereocenters. The number of halogens is 1. The van der Waals surface area contributed by atoms with Crippen molar-refractivity contribution in [1.29, 1.82) is 0 Å². The minimum absolute atomic E-state index is 0.228. The highest BCUT2D eigenvalue weighted by molar-refractivity contribution is 6.30. The predicted octanol–water partition coefficient (Wildman–Crippen LogP) is 4.19. The number of aliphatic imine (C=N–C) groups is 1. The highest BCUT2D eigenvalue weighted by Crippen LogP contribution is 2.22. The molecule has 0 unspecified atom stereocenters. The van der Waals surface area contributed by atoms with E-state index in [2.05, 4.69) is 4.99 Å². The van der Waals surface area contributed by atoms with E-state index in [0.717, 1.165) is 5.56 Å². The quantitative estimate of drug-likeness (QED) is 0.843. The zero-order valence-electron chi connectivity index (χ0n) is 11.4. The Morgan fingerprint density at radius 2 is 2.00 bits per heavy atom. The van der Waals surface area contributed by atoms with Crippen molar-refractivity contribution in [3.05, 3.63) is 58.6 Å². The molecule has 2 rings (SSSR count). The van der Waals surface area contributed by atoms with E-state index in [1.165, 1.54) is 12.1 Å². The molecule has 21 heavy (non-hydrogen) atoms. The number of benzene rings is 2. The van der Waals surface area contributed by atoms with E-state index in [9.17, 15) is 4.79 Å². The summed E-state index contributed by atoms with van der Waals surface area (Å²) in [5, 5.41) is 9.44. The van der Waals surface area contributed by atoms with Crippen LogP contribution in [0.2, 0.25) is 5.02 Å². The molecule has 0 heterocycles. The van der Waals surface area contributed by atoms with Crippen molar-refractivity contribution in [3.63, 3.8) is 0 Å². The Morgan fingerprint density at radius 1 is 1.29 bits per heavy atom. The first-order valence-corrected chi connectivity index (χ1v) is 6.77. The van der Waals surface area contributed by atoms with Crippen LogP contribution in [0.4, 0.5) is 5.69 Å². The fourth-order valence-electron chi connectivity index (χ4n) is 1.74. The topological polar surface area (TPSA) is 58.9 Å². The van der Waals surface area contributed by atoms with Gasteiger partial charge < -0.3 is 9.84 Å². The first kappa shape index (κ1) is 15.1. The molecule has 108 valence electrons. The number of carboxylic acids is 1. The molecule has 1 N–H and O–H groups in total. The minimum Gasteiger partial charge on any atom is -0.493 e. The van der Waals surface area contributed by atoms with E-state index in [-0.39, 0.29) is 5.56 Å². The maximum atomic E-state index is 10.8. The maximum Gasteiger partial charge on any atom is 0.335 e. The molecule has 0 radical (unpaired) electrons. The number of carboxylic acid groups (broad SMARTS) is 1. The van der Waals surface area contributed by atoms with Gasteiger partial charge in [0.05, 0.1) is 17.9 Å². The van der Waals surface area contributed by atoms with Crippen LogP contribution in [0.1, 0.15) is 22.8 Å². The van der Waals surface area contributed by atoms with Gasteiger partial charge in [0.2, 0.25) is 0 Å². The normalized spacial score (nSPS) is 10.8. The van der Waals surface area contributed by atoms with Gasteiger partial charge in [0, 0.05) is 16.8 Å². The van der Waals surface area contributed by atoms with E-state index < -0.39 is 5.97 Å². The van der Waals surface area contributed by atoms with Crippen molar-refractivity contribution < 1.29 is 14.6 Å². The molecule has 0 aliphatic rings. The molecule has 2 aromatic carbocycles. The van der Waals surface area contributed by atoms with Gasteiger partial charge in [0.15, 0.2) is 0 Å². The molecule has 0 saturated heterocycles. The summed E-state index contributed by atoms with van der Waals surface area (Å²) in [6, 6.07) is 11.6. The number of aromatic carboxylic acids is 1. The summed E-state index contributed by atoms with van der Waals surface area (Å²) in [5.41, 5.74) is 1.65. The minimum atomic E-state index is -0.959. The molecule has 2 aromatic rings. The smallest absolute Gasteiger partial charge is 0.335 e. The second kappa shape index (κ2) is 6.90. The highest BCUT2D eigenvalue weighted by atomic mass is 35.5. The number of ether oxygens (including phenoxy) is 1. The Balaban J connectivity index is 2.24. The summed E-state index contributed by atoms with van der Waals surface area (Å²) in [7, 11) is 0. The summed E-state index contributed by atoms with van der Waals surface area (Å²) in [4.78, 5) is 15.1. The van der Waals surface area contributed by atoms with Crippen molar-refractivity contribution in [2.75, 3.05) is 6.61 Å².